The lowest BCUT2D eigenvalue weighted by atomic mass is 9.99. The number of aryl methyl sites for hydroxylation is 3. The van der Waals surface area contributed by atoms with Crippen LogP contribution in [0.5, 0.6) is 0 Å². The SMILES string of the molecule is CCc1c(C)c2cc3[nH]c(cc4nc(c(C)c5nc(cc1[nH]2)C(C)=C5C(=O)OC)CC4C)c(C)c3COC(=O)NCCCNBr. The van der Waals surface area contributed by atoms with E-state index < -0.39 is 12.1 Å². The number of methoxy groups -OCH3 is 1. The van der Waals surface area contributed by atoms with Gasteiger partial charge in [-0.25, -0.2) is 14.6 Å². The van der Waals surface area contributed by atoms with Crippen molar-refractivity contribution >= 4 is 61.4 Å². The van der Waals surface area contributed by atoms with E-state index in [1.54, 1.807) is 0 Å². The molecule has 45 heavy (non-hydrogen) atoms. The lowest BCUT2D eigenvalue weighted by Crippen LogP contribution is -2.26. The number of esters is 1. The first-order valence-electron chi connectivity index (χ1n) is 15.3. The van der Waals surface area contributed by atoms with Gasteiger partial charge in [0, 0.05) is 74.2 Å². The molecule has 3 aromatic rings. The second kappa shape index (κ2) is 13.6. The normalized spacial score (nSPS) is 14.5. The average Bonchev–Trinajstić information content (AvgIpc) is 3.72. The zero-order chi connectivity index (χ0) is 32.4. The van der Waals surface area contributed by atoms with E-state index in [9.17, 15) is 9.59 Å². The van der Waals surface area contributed by atoms with Crippen molar-refractivity contribution < 1.29 is 19.1 Å². The number of nitrogens with one attached hydrogen (secondary N) is 4. The molecule has 10 nitrogen and oxygen atoms in total. The van der Waals surface area contributed by atoms with Crippen LogP contribution in [0.15, 0.2) is 18.2 Å². The largest absolute Gasteiger partial charge is 0.465 e. The summed E-state index contributed by atoms with van der Waals surface area (Å²) in [6.07, 6.45) is 1.85. The number of aromatic amines is 2. The standard InChI is InChI=1S/C34H41BrN6O4/c1-8-22-18(3)27-14-30-23(16-45-34(43)36-10-9-11-37-35)19(4)26(40-30)13-24-17(2)12-25(38-24)21(6)32-31(33(42)44-7)20(5)28(41-32)15-29(22)39-27/h13-15,17,37,39-40H,8-12,16H2,1-7H3,(H,36,43). The van der Waals surface area contributed by atoms with E-state index >= 15 is 0 Å². The van der Waals surface area contributed by atoms with E-state index in [1.807, 2.05) is 26.8 Å². The van der Waals surface area contributed by atoms with E-state index in [2.05, 4.69) is 68.7 Å². The number of hydrogen-bond donors (Lipinski definition) is 4. The van der Waals surface area contributed by atoms with Crippen molar-refractivity contribution in [1.82, 2.24) is 29.6 Å². The molecule has 238 valence electrons. The second-order valence-electron chi connectivity index (χ2n) is 11.7. The Balaban J connectivity index is 1.77. The van der Waals surface area contributed by atoms with Gasteiger partial charge in [-0.05, 0) is 93.0 Å². The van der Waals surface area contributed by atoms with Gasteiger partial charge in [-0.3, -0.25) is 9.33 Å². The number of ether oxygens (including phenoxy) is 2. The molecule has 0 aromatic carbocycles. The molecule has 1 amide bonds. The Bertz CT molecular complexity index is 1850. The number of fused-ring (bicyclic) bond motifs is 8. The molecule has 1 atom stereocenters. The van der Waals surface area contributed by atoms with Gasteiger partial charge < -0.3 is 24.8 Å². The fourth-order valence-electron chi connectivity index (χ4n) is 6.08. The maximum atomic E-state index is 13.0. The molecule has 8 bridgehead atoms. The first kappa shape index (κ1) is 32.4. The van der Waals surface area contributed by atoms with Crippen LogP contribution in [0, 0.1) is 20.8 Å². The van der Waals surface area contributed by atoms with E-state index in [1.165, 1.54) is 7.11 Å². The number of carbonyl (C=O) groups excluding carboxylic acids is 2. The molecule has 11 heteroatoms. The molecule has 0 saturated heterocycles. The minimum Gasteiger partial charge on any atom is -0.465 e. The number of allylic oxidation sites excluding steroid dienone is 1. The molecule has 0 saturated carbocycles. The van der Waals surface area contributed by atoms with Gasteiger partial charge in [-0.2, -0.15) is 0 Å². The van der Waals surface area contributed by atoms with E-state index in [0.29, 0.717) is 23.5 Å². The van der Waals surface area contributed by atoms with Crippen LogP contribution < -0.4 is 9.66 Å². The number of rotatable bonds is 8. The molecule has 2 aliphatic heterocycles. The summed E-state index contributed by atoms with van der Waals surface area (Å²) in [7, 11) is 1.40. The smallest absolute Gasteiger partial charge is 0.407 e. The second-order valence-corrected chi connectivity index (χ2v) is 12.2. The topological polar surface area (TPSA) is 134 Å². The lowest BCUT2D eigenvalue weighted by Gasteiger charge is -2.07. The van der Waals surface area contributed by atoms with Crippen LogP contribution in [0.4, 0.5) is 4.79 Å². The summed E-state index contributed by atoms with van der Waals surface area (Å²) in [5.41, 5.74) is 13.1. The zero-order valence-corrected chi connectivity index (χ0v) is 28.5. The van der Waals surface area contributed by atoms with Crippen LogP contribution in [0.1, 0.15) is 83.7 Å². The summed E-state index contributed by atoms with van der Waals surface area (Å²) < 4.78 is 13.8. The number of hydrogen-bond acceptors (Lipinski definition) is 7. The van der Waals surface area contributed by atoms with Crippen LogP contribution >= 0.6 is 16.1 Å². The molecular weight excluding hydrogens is 636 g/mol. The summed E-state index contributed by atoms with van der Waals surface area (Å²) in [4.78, 5) is 42.8. The minimum atomic E-state index is -0.455. The predicted molar refractivity (Wildman–Crippen MR) is 181 cm³/mol. The number of aromatic nitrogens is 4. The Morgan fingerprint density at radius 2 is 1.64 bits per heavy atom. The number of halogens is 1. The number of carbonyl (C=O) groups is 2. The van der Waals surface area contributed by atoms with Gasteiger partial charge in [0.1, 0.15) is 6.61 Å². The molecule has 2 aliphatic rings. The Kier molecular flexibility index (Phi) is 9.79. The van der Waals surface area contributed by atoms with E-state index in [-0.39, 0.29) is 12.5 Å². The molecule has 0 fully saturated rings. The van der Waals surface area contributed by atoms with E-state index in [4.69, 9.17) is 19.4 Å². The summed E-state index contributed by atoms with van der Waals surface area (Å²) in [5.74, 6) is -0.251. The van der Waals surface area contributed by atoms with Crippen LogP contribution in [0.3, 0.4) is 0 Å². The predicted octanol–water partition coefficient (Wildman–Crippen LogP) is 6.77. The van der Waals surface area contributed by atoms with Gasteiger partial charge in [0.15, 0.2) is 0 Å². The third-order valence-corrected chi connectivity index (χ3v) is 9.25. The van der Waals surface area contributed by atoms with Gasteiger partial charge in [0.25, 0.3) is 0 Å². The summed E-state index contributed by atoms with van der Waals surface area (Å²) in [6.45, 7) is 13.7. The van der Waals surface area contributed by atoms with Gasteiger partial charge in [0.2, 0.25) is 0 Å². The molecule has 4 N–H and O–H groups in total. The van der Waals surface area contributed by atoms with Crippen LogP contribution in [0.25, 0.3) is 33.2 Å². The van der Waals surface area contributed by atoms with Crippen molar-refractivity contribution in [1.29, 1.82) is 0 Å². The van der Waals surface area contributed by atoms with Crippen LogP contribution in [-0.2, 0) is 33.7 Å². The summed E-state index contributed by atoms with van der Waals surface area (Å²) in [6, 6.07) is 6.17. The molecule has 5 heterocycles. The highest BCUT2D eigenvalue weighted by atomic mass is 79.9. The Morgan fingerprint density at radius 3 is 2.33 bits per heavy atom. The molecule has 0 spiro atoms. The third kappa shape index (κ3) is 6.41. The van der Waals surface area contributed by atoms with Crippen molar-refractivity contribution in [3.05, 3.63) is 68.8 Å². The van der Waals surface area contributed by atoms with Gasteiger partial charge in [0.05, 0.1) is 24.1 Å². The Hall–Kier alpha value is -3.96. The fourth-order valence-corrected chi connectivity index (χ4v) is 6.36. The van der Waals surface area contributed by atoms with Crippen molar-refractivity contribution in [3.63, 3.8) is 0 Å². The molecule has 0 radical (unpaired) electrons. The molecule has 3 aromatic heterocycles. The van der Waals surface area contributed by atoms with E-state index in [0.717, 1.165) is 92.7 Å². The summed E-state index contributed by atoms with van der Waals surface area (Å²) >= 11 is 3.17. The first-order chi connectivity index (χ1) is 21.6. The number of nitrogens with zero attached hydrogens (tertiary/aromatic N) is 2. The maximum absolute atomic E-state index is 13.0. The van der Waals surface area contributed by atoms with Crippen molar-refractivity contribution in [2.75, 3.05) is 20.2 Å². The van der Waals surface area contributed by atoms with Crippen molar-refractivity contribution in [3.8, 4) is 0 Å². The lowest BCUT2D eigenvalue weighted by molar-refractivity contribution is -0.133. The Labute approximate surface area is 271 Å². The molecular formula is C34H41BrN6O4. The number of H-pyrrole nitrogens is 2. The molecule has 1 unspecified atom stereocenters. The number of alkyl carbamates (subject to hydrolysis) is 1. The minimum absolute atomic E-state index is 0.117. The highest BCUT2D eigenvalue weighted by Crippen LogP contribution is 2.36. The fraction of sp³-hybridized carbons (Fsp3) is 0.412. The summed E-state index contributed by atoms with van der Waals surface area (Å²) in [5, 5.41) is 2.81. The third-order valence-electron chi connectivity index (χ3n) is 8.86. The van der Waals surface area contributed by atoms with Crippen molar-refractivity contribution in [2.24, 2.45) is 0 Å². The van der Waals surface area contributed by atoms with Crippen LogP contribution in [0.2, 0.25) is 0 Å². The van der Waals surface area contributed by atoms with Crippen molar-refractivity contribution in [2.45, 2.75) is 73.3 Å². The average molecular weight is 678 g/mol. The van der Waals surface area contributed by atoms with Gasteiger partial charge in [-0.1, -0.05) is 13.8 Å². The quantitative estimate of drug-likeness (QED) is 0.118. The monoisotopic (exact) mass is 676 g/mol. The highest BCUT2D eigenvalue weighted by molar-refractivity contribution is 9.08. The number of amides is 1. The van der Waals surface area contributed by atoms with Crippen LogP contribution in [-0.4, -0.2) is 52.2 Å². The molecule has 0 aliphatic carbocycles. The molecule has 5 rings (SSSR count). The zero-order valence-electron chi connectivity index (χ0n) is 27.0. The van der Waals surface area contributed by atoms with Gasteiger partial charge >= 0.3 is 12.1 Å². The van der Waals surface area contributed by atoms with Gasteiger partial charge in [-0.15, -0.1) is 0 Å². The highest BCUT2D eigenvalue weighted by Gasteiger charge is 2.28. The first-order valence-corrected chi connectivity index (χ1v) is 16.1. The maximum Gasteiger partial charge on any atom is 0.407 e. The Morgan fingerprint density at radius 1 is 0.956 bits per heavy atom.